The Labute approximate surface area is 179 Å². The van der Waals surface area contributed by atoms with Crippen LogP contribution in [0, 0.1) is 11.6 Å². The number of aliphatic hydroxyl groups is 2. The summed E-state index contributed by atoms with van der Waals surface area (Å²) in [5, 5.41) is 20.5. The van der Waals surface area contributed by atoms with Gasteiger partial charge in [-0.1, -0.05) is 0 Å². The molecular weight excluding hydrogens is 455 g/mol. The van der Waals surface area contributed by atoms with Gasteiger partial charge in [-0.15, -0.1) is 0 Å². The van der Waals surface area contributed by atoms with Crippen LogP contribution in [0.1, 0.15) is 24.3 Å². The molecule has 2 aromatic rings. The Morgan fingerprint density at radius 2 is 2.06 bits per heavy atom. The van der Waals surface area contributed by atoms with Crippen molar-refractivity contribution in [2.75, 3.05) is 18.9 Å². The molecule has 0 bridgehead atoms. The Morgan fingerprint density at radius 3 is 2.81 bits per heavy atom. The standard InChI is InChI=1S/C18H20F2N3O8P/c19-9-1-2-11(20)10(7-9)12-4-6-28-32(27,31-12)29-8-13-15(24)16(25)17(30-13)23-5-3-14(21)22-18(23)26/h1-3,5,7,12-13,15-17,24-25H,4,6,8H2,(H2,21,22,26)/t12-,13-,15-,16+,17-,32+/m1/s1. The number of benzene rings is 1. The number of nitrogen functional groups attached to an aromatic ring is 1. The molecule has 4 N–H and O–H groups in total. The molecule has 6 atom stereocenters. The van der Waals surface area contributed by atoms with E-state index < -0.39 is 62.4 Å². The molecule has 4 rings (SSSR count). The number of halogens is 2. The Balaban J connectivity index is 1.44. The monoisotopic (exact) mass is 475 g/mol. The summed E-state index contributed by atoms with van der Waals surface area (Å²) >= 11 is 0. The van der Waals surface area contributed by atoms with Gasteiger partial charge in [-0.3, -0.25) is 18.1 Å². The zero-order valence-corrected chi connectivity index (χ0v) is 17.3. The van der Waals surface area contributed by atoms with Crippen LogP contribution in [-0.2, 0) is 22.9 Å². The molecule has 174 valence electrons. The van der Waals surface area contributed by atoms with E-state index in [2.05, 4.69) is 4.98 Å². The van der Waals surface area contributed by atoms with Gasteiger partial charge in [0, 0.05) is 18.2 Å². The van der Waals surface area contributed by atoms with Crippen molar-refractivity contribution in [1.82, 2.24) is 9.55 Å². The van der Waals surface area contributed by atoms with Crippen LogP contribution in [0.15, 0.2) is 35.3 Å². The molecule has 0 radical (unpaired) electrons. The number of aliphatic hydroxyl groups excluding tert-OH is 2. The zero-order chi connectivity index (χ0) is 23.0. The highest BCUT2D eigenvalue weighted by atomic mass is 31.2. The molecule has 14 heteroatoms. The topological polar surface area (TPSA) is 155 Å². The third-order valence-electron chi connectivity index (χ3n) is 5.05. The Bertz CT molecular complexity index is 1100. The van der Waals surface area contributed by atoms with Gasteiger partial charge >= 0.3 is 13.5 Å². The molecule has 0 aliphatic carbocycles. The molecule has 0 unspecified atom stereocenters. The second kappa shape index (κ2) is 8.94. The fourth-order valence-corrected chi connectivity index (χ4v) is 4.82. The van der Waals surface area contributed by atoms with E-state index in [-0.39, 0.29) is 24.4 Å². The number of hydrogen-bond donors (Lipinski definition) is 3. The summed E-state index contributed by atoms with van der Waals surface area (Å²) in [4.78, 5) is 15.5. The summed E-state index contributed by atoms with van der Waals surface area (Å²) in [6.45, 7) is -0.675. The van der Waals surface area contributed by atoms with Gasteiger partial charge in [0.1, 0.15) is 35.8 Å². The van der Waals surface area contributed by atoms with Crippen molar-refractivity contribution in [3.63, 3.8) is 0 Å². The van der Waals surface area contributed by atoms with Crippen LogP contribution in [0.25, 0.3) is 0 Å². The first-order chi connectivity index (χ1) is 15.2. The van der Waals surface area contributed by atoms with E-state index in [1.54, 1.807) is 0 Å². The van der Waals surface area contributed by atoms with Crippen LogP contribution in [0.2, 0.25) is 0 Å². The molecule has 0 spiro atoms. The van der Waals surface area contributed by atoms with Gasteiger partial charge in [0.05, 0.1) is 19.3 Å². The molecule has 0 amide bonds. The van der Waals surface area contributed by atoms with Gasteiger partial charge < -0.3 is 20.7 Å². The number of nitrogens with two attached hydrogens (primary N) is 1. The summed E-state index contributed by atoms with van der Waals surface area (Å²) in [5.41, 5.74) is 4.48. The predicted octanol–water partition coefficient (Wildman–Crippen LogP) is 1.03. The lowest BCUT2D eigenvalue weighted by atomic mass is 10.1. The molecule has 3 heterocycles. The summed E-state index contributed by atoms with van der Waals surface area (Å²) in [6.07, 6.45) is -5.32. The van der Waals surface area contributed by atoms with Gasteiger partial charge in [0.2, 0.25) is 0 Å². The van der Waals surface area contributed by atoms with Crippen molar-refractivity contribution in [1.29, 1.82) is 0 Å². The highest BCUT2D eigenvalue weighted by Crippen LogP contribution is 2.57. The maximum absolute atomic E-state index is 14.1. The fraction of sp³-hybridized carbons (Fsp3) is 0.444. The number of anilines is 1. The van der Waals surface area contributed by atoms with Gasteiger partial charge in [-0.05, 0) is 24.3 Å². The molecule has 2 saturated heterocycles. The number of phosphoric ester groups is 1. The average molecular weight is 475 g/mol. The average Bonchev–Trinajstić information content (AvgIpc) is 3.02. The van der Waals surface area contributed by atoms with Crippen LogP contribution in [-0.4, -0.2) is 51.3 Å². The molecule has 1 aromatic carbocycles. The van der Waals surface area contributed by atoms with Gasteiger partial charge in [-0.25, -0.2) is 18.1 Å². The van der Waals surface area contributed by atoms with E-state index >= 15 is 0 Å². The minimum atomic E-state index is -4.24. The highest BCUT2D eigenvalue weighted by molar-refractivity contribution is 7.48. The van der Waals surface area contributed by atoms with E-state index in [0.717, 1.165) is 22.8 Å². The number of phosphoric acid groups is 1. The number of hydrogen-bond acceptors (Lipinski definition) is 10. The minimum Gasteiger partial charge on any atom is -0.387 e. The van der Waals surface area contributed by atoms with Crippen LogP contribution in [0.5, 0.6) is 0 Å². The van der Waals surface area contributed by atoms with Crippen molar-refractivity contribution < 1.29 is 41.9 Å². The summed E-state index contributed by atoms with van der Waals surface area (Å²) < 4.78 is 62.4. The van der Waals surface area contributed by atoms with Gasteiger partial charge in [-0.2, -0.15) is 4.98 Å². The smallest absolute Gasteiger partial charge is 0.387 e. The molecular formula is C18H20F2N3O8P. The first-order valence-electron chi connectivity index (χ1n) is 9.55. The van der Waals surface area contributed by atoms with Crippen molar-refractivity contribution in [2.24, 2.45) is 0 Å². The molecule has 32 heavy (non-hydrogen) atoms. The lowest BCUT2D eigenvalue weighted by Gasteiger charge is -2.30. The van der Waals surface area contributed by atoms with Crippen molar-refractivity contribution in [2.45, 2.75) is 37.1 Å². The van der Waals surface area contributed by atoms with Crippen LogP contribution in [0.4, 0.5) is 14.6 Å². The lowest BCUT2D eigenvalue weighted by Crippen LogP contribution is -2.36. The second-order valence-corrected chi connectivity index (χ2v) is 8.83. The number of ether oxygens (including phenoxy) is 1. The Kier molecular flexibility index (Phi) is 6.41. The van der Waals surface area contributed by atoms with Gasteiger partial charge in [0.15, 0.2) is 6.23 Å². The number of aromatic nitrogens is 2. The molecule has 2 aliphatic heterocycles. The van der Waals surface area contributed by atoms with E-state index in [1.807, 2.05) is 0 Å². The van der Waals surface area contributed by atoms with Crippen molar-refractivity contribution >= 4 is 13.6 Å². The molecule has 0 saturated carbocycles. The summed E-state index contributed by atoms with van der Waals surface area (Å²) in [5.74, 6) is -1.47. The first-order valence-corrected chi connectivity index (χ1v) is 11.0. The van der Waals surface area contributed by atoms with E-state index in [1.165, 1.54) is 12.3 Å². The van der Waals surface area contributed by atoms with Crippen LogP contribution >= 0.6 is 7.82 Å². The van der Waals surface area contributed by atoms with Crippen molar-refractivity contribution in [3.8, 4) is 0 Å². The van der Waals surface area contributed by atoms with Gasteiger partial charge in [0.25, 0.3) is 0 Å². The number of nitrogens with zero attached hydrogens (tertiary/aromatic N) is 2. The molecule has 1 aromatic heterocycles. The first kappa shape index (κ1) is 22.9. The molecule has 2 fully saturated rings. The fourth-order valence-electron chi connectivity index (χ4n) is 3.43. The SMILES string of the molecule is Nc1ccn([C@@H]2O[C@H](CO[P@]3(=O)OCC[C@H](c4cc(F)ccc4F)O3)[C@@H](O)[C@@H]2O)c(=O)n1. The van der Waals surface area contributed by atoms with Crippen LogP contribution in [0.3, 0.4) is 0 Å². The summed E-state index contributed by atoms with van der Waals surface area (Å²) in [6, 6.07) is 4.10. The largest absolute Gasteiger partial charge is 0.475 e. The normalized spacial score (nSPS) is 32.8. The van der Waals surface area contributed by atoms with E-state index in [0.29, 0.717) is 0 Å². The Morgan fingerprint density at radius 1 is 1.28 bits per heavy atom. The molecule has 11 nitrogen and oxygen atoms in total. The van der Waals surface area contributed by atoms with E-state index in [4.69, 9.17) is 24.0 Å². The minimum absolute atomic E-state index is 0.0341. The van der Waals surface area contributed by atoms with Crippen molar-refractivity contribution in [3.05, 3.63) is 58.1 Å². The maximum atomic E-state index is 14.1. The quantitative estimate of drug-likeness (QED) is 0.534. The Hall–Kier alpha value is -2.25. The number of rotatable bonds is 5. The molecule has 2 aliphatic rings. The third-order valence-corrected chi connectivity index (χ3v) is 6.53. The highest BCUT2D eigenvalue weighted by Gasteiger charge is 2.46. The second-order valence-electron chi connectivity index (χ2n) is 7.21. The van der Waals surface area contributed by atoms with Crippen LogP contribution < -0.4 is 11.4 Å². The predicted molar refractivity (Wildman–Crippen MR) is 103 cm³/mol. The third kappa shape index (κ3) is 4.59. The maximum Gasteiger partial charge on any atom is 0.475 e. The summed E-state index contributed by atoms with van der Waals surface area (Å²) in [7, 11) is -4.24. The zero-order valence-electron chi connectivity index (χ0n) is 16.4. The van der Waals surface area contributed by atoms with E-state index in [9.17, 15) is 28.4 Å². The lowest BCUT2D eigenvalue weighted by molar-refractivity contribution is -0.0610.